The molecular formula is C18H36N2O2. The molecule has 0 aliphatic heterocycles. The van der Waals surface area contributed by atoms with E-state index in [1.165, 1.54) is 0 Å². The highest BCUT2D eigenvalue weighted by Gasteiger charge is 2.06. The number of unbranched alkanes of at least 4 members (excludes halogenated alkanes) is 4. The molecule has 0 aromatic heterocycles. The molecule has 0 saturated carbocycles. The third kappa shape index (κ3) is 14.1. The zero-order valence-corrected chi connectivity index (χ0v) is 15.0. The molecular weight excluding hydrogens is 276 g/mol. The fraction of sp³-hybridized carbons (Fsp3) is 0.889. The molecule has 22 heavy (non-hydrogen) atoms. The van der Waals surface area contributed by atoms with E-state index in [1.807, 2.05) is 13.8 Å². The Balaban J connectivity index is 3.31. The third-order valence-electron chi connectivity index (χ3n) is 3.70. The molecule has 0 unspecified atom stereocenters. The molecule has 130 valence electrons. The van der Waals surface area contributed by atoms with Crippen LogP contribution in [0.1, 0.15) is 79.1 Å². The maximum absolute atomic E-state index is 11.6. The highest BCUT2D eigenvalue weighted by Crippen LogP contribution is 2.07. The number of hydrogen-bond donors (Lipinski definition) is 2. The van der Waals surface area contributed by atoms with Crippen molar-refractivity contribution in [3.63, 3.8) is 0 Å². The molecule has 0 fully saturated rings. The first kappa shape index (κ1) is 21.1. The van der Waals surface area contributed by atoms with Crippen LogP contribution in [0.3, 0.4) is 0 Å². The molecule has 1 amide bonds. The van der Waals surface area contributed by atoms with Gasteiger partial charge in [-0.2, -0.15) is 0 Å². The lowest BCUT2D eigenvalue weighted by Gasteiger charge is -2.08. The maximum atomic E-state index is 11.6. The molecule has 2 N–H and O–H groups in total. The molecule has 4 nitrogen and oxygen atoms in total. The second-order valence-electron chi connectivity index (χ2n) is 6.70. The standard InChI is InChI=1S/C18H36N2O2/c1-15(2)17(21)11-7-5-8-12-18(22)20-14-10-6-9-13-19-16(3)4/h15-16,19H,5-14H2,1-4H3,(H,20,22). The van der Waals surface area contributed by atoms with Crippen LogP contribution in [0.15, 0.2) is 0 Å². The molecule has 0 radical (unpaired) electrons. The van der Waals surface area contributed by atoms with E-state index < -0.39 is 0 Å². The zero-order chi connectivity index (χ0) is 16.8. The highest BCUT2D eigenvalue weighted by molar-refractivity contribution is 5.80. The Morgan fingerprint density at radius 3 is 2.00 bits per heavy atom. The Morgan fingerprint density at radius 2 is 1.36 bits per heavy atom. The summed E-state index contributed by atoms with van der Waals surface area (Å²) in [6.45, 7) is 10.0. The molecule has 0 rings (SSSR count). The van der Waals surface area contributed by atoms with Crippen molar-refractivity contribution in [2.75, 3.05) is 13.1 Å². The number of hydrogen-bond acceptors (Lipinski definition) is 3. The van der Waals surface area contributed by atoms with Gasteiger partial charge in [-0.25, -0.2) is 0 Å². The number of rotatable bonds is 14. The van der Waals surface area contributed by atoms with Gasteiger partial charge in [-0.3, -0.25) is 9.59 Å². The summed E-state index contributed by atoms with van der Waals surface area (Å²) in [5, 5.41) is 6.36. The van der Waals surface area contributed by atoms with Crippen LogP contribution in [-0.2, 0) is 9.59 Å². The summed E-state index contributed by atoms with van der Waals surface area (Å²) in [4.78, 5) is 23.1. The Labute approximate surface area is 136 Å². The van der Waals surface area contributed by atoms with Gasteiger partial charge in [-0.15, -0.1) is 0 Å². The van der Waals surface area contributed by atoms with Crippen molar-refractivity contribution in [3.8, 4) is 0 Å². The third-order valence-corrected chi connectivity index (χ3v) is 3.70. The number of nitrogens with one attached hydrogen (secondary N) is 2. The summed E-state index contributed by atoms with van der Waals surface area (Å²) in [6.07, 6.45) is 7.37. The van der Waals surface area contributed by atoms with Crippen LogP contribution in [0.4, 0.5) is 0 Å². The first-order valence-electron chi connectivity index (χ1n) is 8.96. The number of ketones is 1. The van der Waals surface area contributed by atoms with Crippen LogP contribution in [0.25, 0.3) is 0 Å². The predicted molar refractivity (Wildman–Crippen MR) is 92.9 cm³/mol. The second kappa shape index (κ2) is 13.7. The normalized spacial score (nSPS) is 11.2. The van der Waals surface area contributed by atoms with Crippen molar-refractivity contribution >= 4 is 11.7 Å². The van der Waals surface area contributed by atoms with E-state index in [2.05, 4.69) is 24.5 Å². The summed E-state index contributed by atoms with van der Waals surface area (Å²) >= 11 is 0. The number of Topliss-reactive ketones (excluding diaryl/α,β-unsaturated/α-hetero) is 1. The van der Waals surface area contributed by atoms with E-state index in [0.717, 1.165) is 51.6 Å². The molecule has 0 aromatic rings. The van der Waals surface area contributed by atoms with Gasteiger partial charge in [0.1, 0.15) is 5.78 Å². The van der Waals surface area contributed by atoms with Crippen LogP contribution in [0, 0.1) is 5.92 Å². The highest BCUT2D eigenvalue weighted by atomic mass is 16.1. The van der Waals surface area contributed by atoms with Gasteiger partial charge >= 0.3 is 0 Å². The lowest BCUT2D eigenvalue weighted by molar-refractivity contribution is -0.122. The van der Waals surface area contributed by atoms with Crippen LogP contribution in [0.2, 0.25) is 0 Å². The quantitative estimate of drug-likeness (QED) is 0.483. The number of amides is 1. The molecule has 0 atom stereocenters. The molecule has 0 spiro atoms. The van der Waals surface area contributed by atoms with Crippen molar-refractivity contribution in [1.82, 2.24) is 10.6 Å². The lowest BCUT2D eigenvalue weighted by Crippen LogP contribution is -2.25. The second-order valence-corrected chi connectivity index (χ2v) is 6.70. The fourth-order valence-electron chi connectivity index (χ4n) is 2.18. The molecule has 0 heterocycles. The summed E-state index contributed by atoms with van der Waals surface area (Å²) in [7, 11) is 0. The average Bonchev–Trinajstić information content (AvgIpc) is 2.45. The predicted octanol–water partition coefficient (Wildman–Crippen LogP) is 3.45. The van der Waals surface area contributed by atoms with Gasteiger partial charge in [-0.05, 0) is 32.2 Å². The Bertz CT molecular complexity index is 301. The SMILES string of the molecule is CC(C)NCCCCCNC(=O)CCCCCC(=O)C(C)C. The number of carbonyl (C=O) groups excluding carboxylic acids is 2. The van der Waals surface area contributed by atoms with Crippen LogP contribution >= 0.6 is 0 Å². The van der Waals surface area contributed by atoms with E-state index in [4.69, 9.17) is 0 Å². The van der Waals surface area contributed by atoms with Crippen molar-refractivity contribution in [1.29, 1.82) is 0 Å². The smallest absolute Gasteiger partial charge is 0.219 e. The maximum Gasteiger partial charge on any atom is 0.219 e. The van der Waals surface area contributed by atoms with E-state index in [0.29, 0.717) is 24.7 Å². The zero-order valence-electron chi connectivity index (χ0n) is 15.0. The first-order valence-corrected chi connectivity index (χ1v) is 8.96. The molecule has 0 aromatic carbocycles. The van der Waals surface area contributed by atoms with Crippen LogP contribution in [-0.4, -0.2) is 30.8 Å². The molecule has 0 aliphatic carbocycles. The van der Waals surface area contributed by atoms with E-state index in [1.54, 1.807) is 0 Å². The minimum Gasteiger partial charge on any atom is -0.356 e. The molecule has 0 bridgehead atoms. The molecule has 0 saturated heterocycles. The largest absolute Gasteiger partial charge is 0.356 e. The van der Waals surface area contributed by atoms with Gasteiger partial charge in [0, 0.05) is 31.3 Å². The molecule has 0 aliphatic rings. The van der Waals surface area contributed by atoms with Gasteiger partial charge in [-0.1, -0.05) is 40.5 Å². The first-order chi connectivity index (χ1) is 10.4. The monoisotopic (exact) mass is 312 g/mol. The Morgan fingerprint density at radius 1 is 0.773 bits per heavy atom. The van der Waals surface area contributed by atoms with E-state index >= 15 is 0 Å². The minimum atomic E-state index is 0.138. The summed E-state index contributed by atoms with van der Waals surface area (Å²) in [5.41, 5.74) is 0. The van der Waals surface area contributed by atoms with Crippen molar-refractivity contribution < 1.29 is 9.59 Å². The van der Waals surface area contributed by atoms with Gasteiger partial charge in [0.25, 0.3) is 0 Å². The topological polar surface area (TPSA) is 58.2 Å². The lowest BCUT2D eigenvalue weighted by atomic mass is 10.0. The summed E-state index contributed by atoms with van der Waals surface area (Å²) in [6, 6.07) is 0.551. The average molecular weight is 312 g/mol. The van der Waals surface area contributed by atoms with Gasteiger partial charge in [0.15, 0.2) is 0 Å². The van der Waals surface area contributed by atoms with Crippen molar-refractivity contribution in [2.24, 2.45) is 5.92 Å². The number of carbonyl (C=O) groups is 2. The minimum absolute atomic E-state index is 0.138. The molecule has 4 heteroatoms. The summed E-state index contributed by atoms with van der Waals surface area (Å²) in [5.74, 6) is 0.617. The van der Waals surface area contributed by atoms with Crippen LogP contribution in [0.5, 0.6) is 0 Å². The van der Waals surface area contributed by atoms with E-state index in [9.17, 15) is 9.59 Å². The van der Waals surface area contributed by atoms with Crippen LogP contribution < -0.4 is 10.6 Å². The Hall–Kier alpha value is -0.900. The van der Waals surface area contributed by atoms with Crippen molar-refractivity contribution in [3.05, 3.63) is 0 Å². The Kier molecular flexibility index (Phi) is 13.2. The van der Waals surface area contributed by atoms with Gasteiger partial charge in [0.2, 0.25) is 5.91 Å². The van der Waals surface area contributed by atoms with Gasteiger partial charge < -0.3 is 10.6 Å². The fourth-order valence-corrected chi connectivity index (χ4v) is 2.18. The van der Waals surface area contributed by atoms with Crippen molar-refractivity contribution in [2.45, 2.75) is 85.1 Å². The summed E-state index contributed by atoms with van der Waals surface area (Å²) < 4.78 is 0. The van der Waals surface area contributed by atoms with E-state index in [-0.39, 0.29) is 11.8 Å². The van der Waals surface area contributed by atoms with Gasteiger partial charge in [0.05, 0.1) is 0 Å².